The van der Waals surface area contributed by atoms with Crippen molar-refractivity contribution < 1.29 is 19.8 Å². The minimum Gasteiger partial charge on any atom is -0.481 e. The van der Waals surface area contributed by atoms with Crippen LogP contribution in [0.2, 0.25) is 0 Å². The second-order valence-electron chi connectivity index (χ2n) is 4.95. The number of fused-ring (bicyclic) bond motifs is 1. The molecule has 1 aliphatic heterocycles. The number of carboxylic acid groups (broad SMARTS) is 2. The zero-order valence-electron chi connectivity index (χ0n) is 11.1. The van der Waals surface area contributed by atoms with Crippen LogP contribution in [0.4, 0.5) is 0 Å². The van der Waals surface area contributed by atoms with Crippen LogP contribution in [0.5, 0.6) is 0 Å². The van der Waals surface area contributed by atoms with Crippen LogP contribution in [-0.2, 0) is 17.8 Å². The molecule has 1 unspecified atom stereocenters. The van der Waals surface area contributed by atoms with Gasteiger partial charge in [-0.2, -0.15) is 0 Å². The Kier molecular flexibility index (Phi) is 3.17. The summed E-state index contributed by atoms with van der Waals surface area (Å²) >= 11 is 0. The third-order valence-electron chi connectivity index (χ3n) is 3.70. The van der Waals surface area contributed by atoms with E-state index >= 15 is 0 Å². The molecule has 0 radical (unpaired) electrons. The summed E-state index contributed by atoms with van der Waals surface area (Å²) in [6, 6.07) is 3.51. The van der Waals surface area contributed by atoms with Gasteiger partial charge in [-0.15, -0.1) is 0 Å². The minimum atomic E-state index is -1.13. The third-order valence-corrected chi connectivity index (χ3v) is 3.70. The summed E-state index contributed by atoms with van der Waals surface area (Å²) in [5.74, 6) is -2.04. The van der Waals surface area contributed by atoms with Crippen molar-refractivity contribution in [2.75, 3.05) is 0 Å². The first-order chi connectivity index (χ1) is 10.1. The number of hydrogen-bond acceptors (Lipinski definition) is 4. The van der Waals surface area contributed by atoms with Gasteiger partial charge in [-0.05, 0) is 18.6 Å². The molecule has 0 bridgehead atoms. The van der Waals surface area contributed by atoms with Crippen molar-refractivity contribution in [3.05, 3.63) is 35.9 Å². The van der Waals surface area contributed by atoms with E-state index in [-0.39, 0.29) is 12.1 Å². The van der Waals surface area contributed by atoms with Crippen molar-refractivity contribution in [3.8, 4) is 11.4 Å². The van der Waals surface area contributed by atoms with Crippen LogP contribution < -0.4 is 0 Å². The Bertz CT molecular complexity index is 709. The van der Waals surface area contributed by atoms with Gasteiger partial charge in [-0.1, -0.05) is 0 Å². The summed E-state index contributed by atoms with van der Waals surface area (Å²) in [7, 11) is 0. The molecular weight excluding hydrogens is 274 g/mol. The Labute approximate surface area is 119 Å². The van der Waals surface area contributed by atoms with Gasteiger partial charge in [0, 0.05) is 30.9 Å². The molecule has 3 rings (SSSR count). The van der Waals surface area contributed by atoms with Gasteiger partial charge < -0.3 is 14.8 Å². The highest BCUT2D eigenvalue weighted by atomic mass is 16.4. The number of aromatic nitrogens is 3. The van der Waals surface area contributed by atoms with E-state index < -0.39 is 17.9 Å². The number of aromatic carboxylic acids is 1. The fourth-order valence-electron chi connectivity index (χ4n) is 2.66. The standard InChI is InChI=1S/C14H13N3O4/c18-13(19)9-3-6-17-10(7-9)11(14(20)21)16-12(17)8-1-4-15-5-2-8/h1-2,4-5,9H,3,6-7H2,(H,18,19)(H,20,21). The maximum absolute atomic E-state index is 11.4. The average Bonchev–Trinajstić information content (AvgIpc) is 2.87. The number of hydrogen-bond donors (Lipinski definition) is 2. The molecule has 0 saturated carbocycles. The summed E-state index contributed by atoms with van der Waals surface area (Å²) in [5.41, 5.74) is 1.19. The predicted octanol–water partition coefficient (Wildman–Crippen LogP) is 1.29. The van der Waals surface area contributed by atoms with Crippen LogP contribution in [0.15, 0.2) is 24.5 Å². The van der Waals surface area contributed by atoms with E-state index in [0.717, 1.165) is 5.56 Å². The lowest BCUT2D eigenvalue weighted by molar-refractivity contribution is -0.142. The first-order valence-electron chi connectivity index (χ1n) is 6.54. The fraction of sp³-hybridized carbons (Fsp3) is 0.286. The summed E-state index contributed by atoms with van der Waals surface area (Å²) in [5, 5.41) is 18.4. The second kappa shape index (κ2) is 5.01. The molecule has 0 fully saturated rings. The summed E-state index contributed by atoms with van der Waals surface area (Å²) in [6.45, 7) is 0.449. The molecule has 1 aliphatic rings. The molecule has 0 spiro atoms. The normalized spacial score (nSPS) is 17.2. The predicted molar refractivity (Wildman–Crippen MR) is 71.9 cm³/mol. The largest absolute Gasteiger partial charge is 0.481 e. The molecular formula is C14H13N3O4. The van der Waals surface area contributed by atoms with Gasteiger partial charge >= 0.3 is 11.9 Å². The van der Waals surface area contributed by atoms with Gasteiger partial charge in [0.1, 0.15) is 5.82 Å². The van der Waals surface area contributed by atoms with E-state index in [0.29, 0.717) is 24.5 Å². The van der Waals surface area contributed by atoms with Gasteiger partial charge in [-0.3, -0.25) is 9.78 Å². The molecule has 0 amide bonds. The molecule has 0 aromatic carbocycles. The average molecular weight is 287 g/mol. The van der Waals surface area contributed by atoms with E-state index in [1.807, 2.05) is 0 Å². The van der Waals surface area contributed by atoms with Crippen molar-refractivity contribution in [1.29, 1.82) is 0 Å². The Morgan fingerprint density at radius 1 is 1.24 bits per heavy atom. The van der Waals surface area contributed by atoms with Crippen molar-refractivity contribution in [3.63, 3.8) is 0 Å². The van der Waals surface area contributed by atoms with E-state index in [9.17, 15) is 14.7 Å². The van der Waals surface area contributed by atoms with Gasteiger partial charge in [0.25, 0.3) is 0 Å². The highest BCUT2D eigenvalue weighted by molar-refractivity contribution is 5.88. The summed E-state index contributed by atoms with van der Waals surface area (Å²) < 4.78 is 1.80. The number of rotatable bonds is 3. The third kappa shape index (κ3) is 2.26. The highest BCUT2D eigenvalue weighted by Gasteiger charge is 2.31. The van der Waals surface area contributed by atoms with Crippen LogP contribution in [0.3, 0.4) is 0 Å². The van der Waals surface area contributed by atoms with Crippen molar-refractivity contribution in [2.24, 2.45) is 5.92 Å². The topological polar surface area (TPSA) is 105 Å². The van der Waals surface area contributed by atoms with E-state index in [1.54, 1.807) is 29.1 Å². The summed E-state index contributed by atoms with van der Waals surface area (Å²) in [4.78, 5) is 30.6. The van der Waals surface area contributed by atoms with Gasteiger partial charge in [0.2, 0.25) is 0 Å². The van der Waals surface area contributed by atoms with Crippen molar-refractivity contribution in [2.45, 2.75) is 19.4 Å². The zero-order valence-corrected chi connectivity index (χ0v) is 11.1. The van der Waals surface area contributed by atoms with Gasteiger partial charge in [-0.25, -0.2) is 9.78 Å². The van der Waals surface area contributed by atoms with E-state index in [2.05, 4.69) is 9.97 Å². The molecule has 2 aromatic rings. The second-order valence-corrected chi connectivity index (χ2v) is 4.95. The Morgan fingerprint density at radius 2 is 1.95 bits per heavy atom. The fourth-order valence-corrected chi connectivity index (χ4v) is 2.66. The smallest absolute Gasteiger partial charge is 0.356 e. The maximum Gasteiger partial charge on any atom is 0.356 e. The number of aliphatic carboxylic acids is 1. The number of carboxylic acids is 2. The van der Waals surface area contributed by atoms with Gasteiger partial charge in [0.15, 0.2) is 5.69 Å². The lowest BCUT2D eigenvalue weighted by Gasteiger charge is -2.22. The number of imidazole rings is 1. The quantitative estimate of drug-likeness (QED) is 0.881. The first-order valence-corrected chi connectivity index (χ1v) is 6.54. The van der Waals surface area contributed by atoms with Crippen LogP contribution in [0.1, 0.15) is 22.6 Å². The van der Waals surface area contributed by atoms with Crippen molar-refractivity contribution in [1.82, 2.24) is 14.5 Å². The van der Waals surface area contributed by atoms with Crippen LogP contribution >= 0.6 is 0 Å². The zero-order chi connectivity index (χ0) is 15.0. The highest BCUT2D eigenvalue weighted by Crippen LogP contribution is 2.29. The van der Waals surface area contributed by atoms with Crippen LogP contribution in [0.25, 0.3) is 11.4 Å². The molecule has 0 aliphatic carbocycles. The molecule has 7 heteroatoms. The minimum absolute atomic E-state index is 0.0623. The first kappa shape index (κ1) is 13.3. The van der Waals surface area contributed by atoms with Crippen molar-refractivity contribution >= 4 is 11.9 Å². The molecule has 2 aromatic heterocycles. The molecule has 1 atom stereocenters. The van der Waals surface area contributed by atoms with Crippen LogP contribution in [-0.4, -0.2) is 36.7 Å². The number of pyridine rings is 1. The number of nitrogens with zero attached hydrogens (tertiary/aromatic N) is 3. The molecule has 0 saturated heterocycles. The van der Waals surface area contributed by atoms with E-state index in [1.165, 1.54) is 0 Å². The molecule has 3 heterocycles. The Morgan fingerprint density at radius 3 is 2.57 bits per heavy atom. The lowest BCUT2D eigenvalue weighted by Crippen LogP contribution is -2.26. The lowest BCUT2D eigenvalue weighted by atomic mass is 9.95. The molecule has 7 nitrogen and oxygen atoms in total. The SMILES string of the molecule is O=C(O)c1nc(-c2ccncc2)n2c1CC(C(=O)O)CC2. The summed E-state index contributed by atoms with van der Waals surface area (Å²) in [6.07, 6.45) is 3.88. The van der Waals surface area contributed by atoms with Crippen LogP contribution in [0, 0.1) is 5.92 Å². The molecule has 21 heavy (non-hydrogen) atoms. The molecule has 108 valence electrons. The Balaban J connectivity index is 2.12. The van der Waals surface area contributed by atoms with E-state index in [4.69, 9.17) is 5.11 Å². The number of carbonyl (C=O) groups is 2. The monoisotopic (exact) mass is 287 g/mol. The Hall–Kier alpha value is -2.70. The maximum atomic E-state index is 11.4. The van der Waals surface area contributed by atoms with Gasteiger partial charge in [0.05, 0.1) is 11.6 Å². The molecule has 2 N–H and O–H groups in total.